The molecule has 0 fully saturated rings. The first-order chi connectivity index (χ1) is 8.82. The molecule has 0 rings (SSSR count). The number of hydrazine groups is 1. The van der Waals surface area contributed by atoms with Gasteiger partial charge in [0.15, 0.2) is 0 Å². The van der Waals surface area contributed by atoms with Gasteiger partial charge in [0.25, 0.3) is 5.91 Å². The monoisotopic (exact) mass is 299 g/mol. The zero-order valence-electron chi connectivity index (χ0n) is 12.1. The number of likely N-dealkylation sites (N-methyl/N-ethyl adjacent to an activating group) is 1. The van der Waals surface area contributed by atoms with Crippen molar-refractivity contribution in [3.8, 4) is 0 Å². The van der Waals surface area contributed by atoms with Gasteiger partial charge in [0.1, 0.15) is 18.2 Å². The Bertz CT molecular complexity index is 353. The molecule has 0 spiro atoms. The molecule has 1 atom stereocenters. The number of carbonyl (C=O) groups excluding carboxylic acids is 2. The van der Waals surface area contributed by atoms with Gasteiger partial charge in [0, 0.05) is 7.05 Å². The maximum absolute atomic E-state index is 12.0. The van der Waals surface area contributed by atoms with Crippen molar-refractivity contribution in [3.63, 3.8) is 0 Å². The van der Waals surface area contributed by atoms with Gasteiger partial charge in [-0.3, -0.25) is 9.80 Å². The van der Waals surface area contributed by atoms with Crippen molar-refractivity contribution in [2.75, 3.05) is 13.6 Å². The lowest BCUT2D eigenvalue weighted by molar-refractivity contribution is -0.147. The van der Waals surface area contributed by atoms with Crippen LogP contribution in [0.25, 0.3) is 0 Å². The molecule has 118 valence electrons. The normalized spacial score (nSPS) is 13.6. The molecule has 0 aliphatic carbocycles. The predicted molar refractivity (Wildman–Crippen MR) is 65.7 cm³/mol. The Kier molecular flexibility index (Phi) is 6.27. The van der Waals surface area contributed by atoms with E-state index < -0.39 is 36.4 Å². The summed E-state index contributed by atoms with van der Waals surface area (Å²) in [5, 5.41) is 2.92. The maximum Gasteiger partial charge on any atom is 0.408 e. The highest BCUT2D eigenvalue weighted by atomic mass is 19.4. The fourth-order valence-corrected chi connectivity index (χ4v) is 1.12. The second-order valence-corrected chi connectivity index (χ2v) is 5.22. The second-order valence-electron chi connectivity index (χ2n) is 5.22. The number of amides is 2. The Labute approximate surface area is 115 Å². The largest absolute Gasteiger partial charge is 0.444 e. The molecular weight excluding hydrogens is 279 g/mol. The van der Waals surface area contributed by atoms with Crippen LogP contribution in [0.5, 0.6) is 0 Å². The van der Waals surface area contributed by atoms with E-state index in [4.69, 9.17) is 4.74 Å². The Hall–Kier alpha value is -1.51. The molecule has 0 heterocycles. The summed E-state index contributed by atoms with van der Waals surface area (Å²) in [7, 11) is 1.14. The van der Waals surface area contributed by atoms with Crippen LogP contribution in [-0.4, -0.2) is 48.4 Å². The standard InChI is InChI=1S/C11H20F3N3O3/c1-7(16-9(19)20-10(2,3)4)8(18)17(5)15-6-11(12,13)14/h7,15H,6H2,1-5H3,(H,16,19)/t7-/m1/s1. The minimum atomic E-state index is -4.43. The molecule has 0 aliphatic rings. The van der Waals surface area contributed by atoms with Crippen molar-refractivity contribution in [2.45, 2.75) is 45.5 Å². The fourth-order valence-electron chi connectivity index (χ4n) is 1.12. The molecule has 0 aromatic carbocycles. The summed E-state index contributed by atoms with van der Waals surface area (Å²) in [5.74, 6) is -0.722. The van der Waals surface area contributed by atoms with Gasteiger partial charge >= 0.3 is 12.3 Å². The third kappa shape index (κ3) is 8.57. The number of alkyl carbamates (subject to hydrolysis) is 1. The number of ether oxygens (including phenoxy) is 1. The van der Waals surface area contributed by atoms with Crippen LogP contribution < -0.4 is 10.7 Å². The van der Waals surface area contributed by atoms with Crippen LogP contribution in [0, 0.1) is 0 Å². The van der Waals surface area contributed by atoms with E-state index in [2.05, 4.69) is 5.32 Å². The average Bonchev–Trinajstić information content (AvgIpc) is 2.20. The van der Waals surface area contributed by atoms with Gasteiger partial charge in [-0.05, 0) is 27.7 Å². The summed E-state index contributed by atoms with van der Waals surface area (Å²) in [4.78, 5) is 23.1. The van der Waals surface area contributed by atoms with Crippen LogP contribution in [0.2, 0.25) is 0 Å². The first-order valence-corrected chi connectivity index (χ1v) is 5.89. The third-order valence-corrected chi connectivity index (χ3v) is 1.95. The van der Waals surface area contributed by atoms with E-state index >= 15 is 0 Å². The Balaban J connectivity index is 4.30. The summed E-state index contributed by atoms with van der Waals surface area (Å²) < 4.78 is 40.9. The summed E-state index contributed by atoms with van der Waals surface area (Å²) in [5.41, 5.74) is 1.16. The summed E-state index contributed by atoms with van der Waals surface area (Å²) in [6.45, 7) is 4.95. The van der Waals surface area contributed by atoms with Gasteiger partial charge in [-0.25, -0.2) is 10.2 Å². The van der Waals surface area contributed by atoms with E-state index in [1.165, 1.54) is 6.92 Å². The molecule has 0 saturated heterocycles. The minimum Gasteiger partial charge on any atom is -0.444 e. The number of rotatable bonds is 4. The van der Waals surface area contributed by atoms with Crippen LogP contribution in [0.3, 0.4) is 0 Å². The van der Waals surface area contributed by atoms with E-state index in [1.807, 2.05) is 5.43 Å². The molecule has 0 saturated carbocycles. The van der Waals surface area contributed by atoms with Crippen LogP contribution >= 0.6 is 0 Å². The molecule has 0 unspecified atom stereocenters. The van der Waals surface area contributed by atoms with Crippen molar-refractivity contribution in [2.24, 2.45) is 0 Å². The number of nitrogens with zero attached hydrogens (tertiary/aromatic N) is 1. The lowest BCUT2D eigenvalue weighted by Gasteiger charge is -2.25. The van der Waals surface area contributed by atoms with Gasteiger partial charge in [-0.15, -0.1) is 0 Å². The second kappa shape index (κ2) is 6.78. The van der Waals surface area contributed by atoms with E-state index in [0.717, 1.165) is 7.05 Å². The Morgan fingerprint density at radius 1 is 1.25 bits per heavy atom. The number of alkyl halides is 3. The first-order valence-electron chi connectivity index (χ1n) is 5.89. The molecule has 9 heteroatoms. The molecule has 20 heavy (non-hydrogen) atoms. The van der Waals surface area contributed by atoms with Gasteiger partial charge in [0.05, 0.1) is 0 Å². The van der Waals surface area contributed by atoms with Crippen molar-refractivity contribution < 1.29 is 27.5 Å². The van der Waals surface area contributed by atoms with Crippen LogP contribution in [-0.2, 0) is 9.53 Å². The van der Waals surface area contributed by atoms with Crippen LogP contribution in [0.4, 0.5) is 18.0 Å². The number of hydrogen-bond acceptors (Lipinski definition) is 4. The molecule has 6 nitrogen and oxygen atoms in total. The quantitative estimate of drug-likeness (QED) is 0.770. The SMILES string of the molecule is C[C@@H](NC(=O)OC(C)(C)C)C(=O)N(C)NCC(F)(F)F. The minimum absolute atomic E-state index is 0.676. The highest BCUT2D eigenvalue weighted by Gasteiger charge is 2.29. The van der Waals surface area contributed by atoms with E-state index in [9.17, 15) is 22.8 Å². The molecule has 0 radical (unpaired) electrons. The van der Waals surface area contributed by atoms with Gasteiger partial charge in [-0.1, -0.05) is 0 Å². The van der Waals surface area contributed by atoms with Gasteiger partial charge in [-0.2, -0.15) is 13.2 Å². The van der Waals surface area contributed by atoms with Crippen molar-refractivity contribution in [1.29, 1.82) is 0 Å². The average molecular weight is 299 g/mol. The van der Waals surface area contributed by atoms with Crippen LogP contribution in [0.15, 0.2) is 0 Å². The number of hydrogen-bond donors (Lipinski definition) is 2. The molecular formula is C11H20F3N3O3. The van der Waals surface area contributed by atoms with Gasteiger partial charge < -0.3 is 10.1 Å². The van der Waals surface area contributed by atoms with Crippen LogP contribution in [0.1, 0.15) is 27.7 Å². The smallest absolute Gasteiger partial charge is 0.408 e. The van der Waals surface area contributed by atoms with Crippen molar-refractivity contribution in [1.82, 2.24) is 15.8 Å². The zero-order chi connectivity index (χ0) is 16.1. The summed E-state index contributed by atoms with van der Waals surface area (Å²) in [6.07, 6.45) is -5.25. The Morgan fingerprint density at radius 3 is 2.15 bits per heavy atom. The molecule has 0 aliphatic heterocycles. The molecule has 0 bridgehead atoms. The highest BCUT2D eigenvalue weighted by Crippen LogP contribution is 2.12. The number of nitrogens with one attached hydrogen (secondary N) is 2. The lowest BCUT2D eigenvalue weighted by Crippen LogP contribution is -2.52. The Morgan fingerprint density at radius 2 is 1.75 bits per heavy atom. The van der Waals surface area contributed by atoms with Crippen molar-refractivity contribution in [3.05, 3.63) is 0 Å². The number of halogens is 3. The molecule has 0 aromatic rings. The molecule has 0 aromatic heterocycles. The van der Waals surface area contributed by atoms with Gasteiger partial charge in [0.2, 0.25) is 0 Å². The first kappa shape index (κ1) is 18.5. The zero-order valence-corrected chi connectivity index (χ0v) is 12.1. The maximum atomic E-state index is 12.0. The topological polar surface area (TPSA) is 70.7 Å². The summed E-state index contributed by atoms with van der Waals surface area (Å²) in [6, 6.07) is -1.02. The highest BCUT2D eigenvalue weighted by molar-refractivity contribution is 5.84. The summed E-state index contributed by atoms with van der Waals surface area (Å²) >= 11 is 0. The predicted octanol–water partition coefficient (Wildman–Crippen LogP) is 1.42. The fraction of sp³-hybridized carbons (Fsp3) is 0.818. The van der Waals surface area contributed by atoms with Crippen molar-refractivity contribution >= 4 is 12.0 Å². The molecule has 2 amide bonds. The van der Waals surface area contributed by atoms with E-state index in [0.29, 0.717) is 5.01 Å². The van der Waals surface area contributed by atoms with E-state index in [-0.39, 0.29) is 0 Å². The lowest BCUT2D eigenvalue weighted by atomic mass is 10.2. The molecule has 2 N–H and O–H groups in total. The number of carbonyl (C=O) groups is 2. The van der Waals surface area contributed by atoms with E-state index in [1.54, 1.807) is 20.8 Å². The third-order valence-electron chi connectivity index (χ3n) is 1.95.